The van der Waals surface area contributed by atoms with E-state index in [9.17, 15) is 5.26 Å². The van der Waals surface area contributed by atoms with Crippen molar-refractivity contribution in [3.63, 3.8) is 0 Å². The summed E-state index contributed by atoms with van der Waals surface area (Å²) in [5.74, 6) is 0.830. The molecule has 4 heteroatoms. The summed E-state index contributed by atoms with van der Waals surface area (Å²) < 4.78 is 5.32. The molecule has 0 spiro atoms. The van der Waals surface area contributed by atoms with Crippen molar-refractivity contribution in [1.82, 2.24) is 9.88 Å². The third-order valence-electron chi connectivity index (χ3n) is 4.34. The van der Waals surface area contributed by atoms with E-state index in [1.807, 2.05) is 24.4 Å². The fraction of sp³-hybridized carbons (Fsp3) is 0.471. The van der Waals surface area contributed by atoms with Crippen LogP contribution in [0.15, 0.2) is 24.4 Å². The van der Waals surface area contributed by atoms with Crippen LogP contribution in [0.2, 0.25) is 0 Å². The van der Waals surface area contributed by atoms with Crippen LogP contribution >= 0.6 is 0 Å². The van der Waals surface area contributed by atoms with Crippen LogP contribution in [-0.4, -0.2) is 30.1 Å². The number of hydrogen-bond acceptors (Lipinski definition) is 3. The number of fused-ring (bicyclic) bond motifs is 1. The molecule has 1 N–H and O–H groups in total. The molecule has 1 atom stereocenters. The minimum Gasteiger partial charge on any atom is -0.497 e. The summed E-state index contributed by atoms with van der Waals surface area (Å²) in [5.41, 5.74) is 2.12. The van der Waals surface area contributed by atoms with Gasteiger partial charge in [-0.3, -0.25) is 4.90 Å². The summed E-state index contributed by atoms with van der Waals surface area (Å²) >= 11 is 0. The topological polar surface area (TPSA) is 52.1 Å². The first-order valence-corrected chi connectivity index (χ1v) is 7.62. The number of rotatable bonds is 3. The van der Waals surface area contributed by atoms with Gasteiger partial charge in [-0.25, -0.2) is 0 Å². The second kappa shape index (κ2) is 6.19. The van der Waals surface area contributed by atoms with Gasteiger partial charge in [-0.1, -0.05) is 12.8 Å². The van der Waals surface area contributed by atoms with Crippen LogP contribution < -0.4 is 4.74 Å². The highest BCUT2D eigenvalue weighted by Gasteiger charge is 2.23. The van der Waals surface area contributed by atoms with Crippen LogP contribution in [0, 0.1) is 11.3 Å². The van der Waals surface area contributed by atoms with Gasteiger partial charge in [0, 0.05) is 22.7 Å². The molecule has 0 saturated carbocycles. The number of ether oxygens (including phenoxy) is 1. The minimum absolute atomic E-state index is 0.177. The molecule has 3 rings (SSSR count). The van der Waals surface area contributed by atoms with Gasteiger partial charge in [-0.15, -0.1) is 0 Å². The first kappa shape index (κ1) is 14.0. The Morgan fingerprint density at radius 3 is 2.67 bits per heavy atom. The smallest absolute Gasteiger partial charge is 0.125 e. The summed E-state index contributed by atoms with van der Waals surface area (Å²) in [6.07, 6.45) is 6.89. The SMILES string of the molecule is COc1ccc2[nH]cc(C(C#N)N3CCCCCC3)c2c1. The lowest BCUT2D eigenvalue weighted by Gasteiger charge is -2.25. The lowest BCUT2D eigenvalue weighted by molar-refractivity contribution is 0.247. The maximum Gasteiger partial charge on any atom is 0.125 e. The summed E-state index contributed by atoms with van der Waals surface area (Å²) in [6, 6.07) is 8.29. The molecule has 1 unspecified atom stereocenters. The zero-order valence-corrected chi connectivity index (χ0v) is 12.4. The van der Waals surface area contributed by atoms with Crippen molar-refractivity contribution in [2.24, 2.45) is 0 Å². The second-order valence-corrected chi connectivity index (χ2v) is 5.64. The van der Waals surface area contributed by atoms with E-state index in [2.05, 4.69) is 16.0 Å². The quantitative estimate of drug-likeness (QED) is 0.936. The normalized spacial score (nSPS) is 18.1. The number of hydrogen-bond donors (Lipinski definition) is 1. The minimum atomic E-state index is -0.177. The first-order valence-electron chi connectivity index (χ1n) is 7.62. The van der Waals surface area contributed by atoms with Gasteiger partial charge in [0.05, 0.1) is 13.2 Å². The summed E-state index contributed by atoms with van der Waals surface area (Å²) in [4.78, 5) is 5.59. The third-order valence-corrected chi connectivity index (χ3v) is 4.34. The Morgan fingerprint density at radius 2 is 2.00 bits per heavy atom. The van der Waals surface area contributed by atoms with Crippen LogP contribution in [0.5, 0.6) is 5.75 Å². The molecular weight excluding hydrogens is 262 g/mol. The summed E-state index contributed by atoms with van der Waals surface area (Å²) in [5, 5.41) is 10.8. The number of nitriles is 1. The number of methoxy groups -OCH3 is 1. The monoisotopic (exact) mass is 283 g/mol. The Kier molecular flexibility index (Phi) is 4.12. The van der Waals surface area contributed by atoms with E-state index in [0.29, 0.717) is 0 Å². The van der Waals surface area contributed by atoms with Gasteiger partial charge in [0.1, 0.15) is 11.8 Å². The number of benzene rings is 1. The Bertz CT molecular complexity index is 648. The Morgan fingerprint density at radius 1 is 1.24 bits per heavy atom. The molecule has 1 aromatic carbocycles. The molecular formula is C17H21N3O. The molecule has 1 aliphatic heterocycles. The van der Waals surface area contributed by atoms with Gasteiger partial charge < -0.3 is 9.72 Å². The van der Waals surface area contributed by atoms with E-state index in [4.69, 9.17) is 4.74 Å². The van der Waals surface area contributed by atoms with Gasteiger partial charge in [0.15, 0.2) is 0 Å². The van der Waals surface area contributed by atoms with E-state index < -0.39 is 0 Å². The molecule has 0 radical (unpaired) electrons. The molecule has 1 aliphatic rings. The van der Waals surface area contributed by atoms with Crippen molar-refractivity contribution in [2.45, 2.75) is 31.7 Å². The molecule has 21 heavy (non-hydrogen) atoms. The molecule has 110 valence electrons. The molecule has 4 nitrogen and oxygen atoms in total. The lowest BCUT2D eigenvalue weighted by atomic mass is 10.0. The van der Waals surface area contributed by atoms with E-state index in [0.717, 1.165) is 35.3 Å². The molecule has 2 heterocycles. The molecule has 1 aromatic heterocycles. The molecule has 1 fully saturated rings. The van der Waals surface area contributed by atoms with Crippen molar-refractivity contribution < 1.29 is 4.74 Å². The lowest BCUT2D eigenvalue weighted by Crippen LogP contribution is -2.28. The Balaban J connectivity index is 1.98. The summed E-state index contributed by atoms with van der Waals surface area (Å²) in [6.45, 7) is 2.02. The van der Waals surface area contributed by atoms with Crippen molar-refractivity contribution >= 4 is 10.9 Å². The average Bonchev–Trinajstić information content (AvgIpc) is 2.74. The van der Waals surface area contributed by atoms with Gasteiger partial charge in [-0.05, 0) is 44.1 Å². The maximum absolute atomic E-state index is 9.69. The van der Waals surface area contributed by atoms with Gasteiger partial charge in [0.2, 0.25) is 0 Å². The van der Waals surface area contributed by atoms with Gasteiger partial charge in [0.25, 0.3) is 0 Å². The molecule has 0 bridgehead atoms. The van der Waals surface area contributed by atoms with Crippen molar-refractivity contribution in [2.75, 3.05) is 20.2 Å². The zero-order chi connectivity index (χ0) is 14.7. The molecule has 2 aromatic rings. The number of nitrogens with one attached hydrogen (secondary N) is 1. The van der Waals surface area contributed by atoms with Crippen molar-refractivity contribution in [3.8, 4) is 11.8 Å². The van der Waals surface area contributed by atoms with Crippen LogP contribution in [0.1, 0.15) is 37.3 Å². The molecule has 1 saturated heterocycles. The predicted octanol–water partition coefficient (Wildman–Crippen LogP) is 3.62. The predicted molar refractivity (Wildman–Crippen MR) is 83.2 cm³/mol. The highest BCUT2D eigenvalue weighted by Crippen LogP contribution is 2.31. The highest BCUT2D eigenvalue weighted by molar-refractivity contribution is 5.85. The van der Waals surface area contributed by atoms with E-state index in [-0.39, 0.29) is 6.04 Å². The number of aromatic amines is 1. The van der Waals surface area contributed by atoms with Gasteiger partial charge >= 0.3 is 0 Å². The number of aromatic nitrogens is 1. The summed E-state index contributed by atoms with van der Waals surface area (Å²) in [7, 11) is 1.67. The second-order valence-electron chi connectivity index (χ2n) is 5.64. The van der Waals surface area contributed by atoms with Crippen LogP contribution in [0.25, 0.3) is 10.9 Å². The standard InChI is InChI=1S/C17H21N3O/c1-21-13-6-7-16-14(10-13)15(12-19-16)17(11-18)20-8-4-2-3-5-9-20/h6-7,10,12,17,19H,2-5,8-9H2,1H3. The highest BCUT2D eigenvalue weighted by atomic mass is 16.5. The average molecular weight is 283 g/mol. The fourth-order valence-electron chi connectivity index (χ4n) is 3.18. The van der Waals surface area contributed by atoms with E-state index in [1.54, 1.807) is 7.11 Å². The van der Waals surface area contributed by atoms with Crippen LogP contribution in [0.3, 0.4) is 0 Å². The third kappa shape index (κ3) is 2.74. The Hall–Kier alpha value is -1.99. The Labute approximate surface area is 125 Å². The van der Waals surface area contributed by atoms with Gasteiger partial charge in [-0.2, -0.15) is 5.26 Å². The van der Waals surface area contributed by atoms with Crippen LogP contribution in [0.4, 0.5) is 0 Å². The number of H-pyrrole nitrogens is 1. The largest absolute Gasteiger partial charge is 0.497 e. The van der Waals surface area contributed by atoms with E-state index >= 15 is 0 Å². The maximum atomic E-state index is 9.69. The first-order chi connectivity index (χ1) is 10.3. The van der Waals surface area contributed by atoms with Crippen LogP contribution in [-0.2, 0) is 0 Å². The van der Waals surface area contributed by atoms with E-state index in [1.165, 1.54) is 25.7 Å². The number of likely N-dealkylation sites (tertiary alicyclic amines) is 1. The van der Waals surface area contributed by atoms with Crippen molar-refractivity contribution in [3.05, 3.63) is 30.0 Å². The fourth-order valence-corrected chi connectivity index (χ4v) is 3.18. The molecule has 0 aliphatic carbocycles. The number of nitrogens with zero attached hydrogens (tertiary/aromatic N) is 2. The zero-order valence-electron chi connectivity index (χ0n) is 12.4. The van der Waals surface area contributed by atoms with Crippen molar-refractivity contribution in [1.29, 1.82) is 5.26 Å². The molecule has 0 amide bonds.